The Kier molecular flexibility index (Phi) is 7.75. The van der Waals surface area contributed by atoms with Crippen molar-refractivity contribution in [2.75, 3.05) is 0 Å². The number of aromatic nitrogens is 7. The number of benzene rings is 5. The molecular formula is C53H31N7. The van der Waals surface area contributed by atoms with Gasteiger partial charge < -0.3 is 0 Å². The number of nitrogens with zero attached hydrogens (tertiary/aromatic N) is 7. The van der Waals surface area contributed by atoms with E-state index in [4.69, 9.17) is 24.9 Å². The van der Waals surface area contributed by atoms with E-state index in [1.165, 1.54) is 0 Å². The maximum atomic E-state index is 5.15. The van der Waals surface area contributed by atoms with Gasteiger partial charge in [0.05, 0.1) is 21.8 Å². The van der Waals surface area contributed by atoms with E-state index < -0.39 is 0 Å². The topological polar surface area (TPSA) is 90.2 Å². The molecule has 0 N–H and O–H groups in total. The summed E-state index contributed by atoms with van der Waals surface area (Å²) in [6.07, 6.45) is 15.7. The fourth-order valence-electron chi connectivity index (χ4n) is 8.52. The van der Waals surface area contributed by atoms with Crippen LogP contribution < -0.4 is 0 Å². The van der Waals surface area contributed by atoms with Gasteiger partial charge in [-0.3, -0.25) is 19.9 Å². The van der Waals surface area contributed by atoms with Crippen molar-refractivity contribution < 1.29 is 0 Å². The molecule has 0 aliphatic heterocycles. The second-order valence-electron chi connectivity index (χ2n) is 15.2. The van der Waals surface area contributed by atoms with Crippen molar-refractivity contribution in [1.29, 1.82) is 0 Å². The Labute approximate surface area is 344 Å². The molecule has 7 nitrogen and oxygen atoms in total. The summed E-state index contributed by atoms with van der Waals surface area (Å²) < 4.78 is 0. The first-order valence-electron chi connectivity index (χ1n) is 20.0. The molecular weight excluding hydrogens is 735 g/mol. The predicted molar refractivity (Wildman–Crippen MR) is 242 cm³/mol. The molecule has 0 amide bonds. The Morgan fingerprint density at radius 1 is 0.433 bits per heavy atom. The molecule has 0 unspecified atom stereocenters. The van der Waals surface area contributed by atoms with Gasteiger partial charge in [-0.05, 0) is 93.6 Å². The zero-order chi connectivity index (χ0) is 39.6. The quantitative estimate of drug-likeness (QED) is 0.161. The highest BCUT2D eigenvalue weighted by Crippen LogP contribution is 2.36. The summed E-state index contributed by atoms with van der Waals surface area (Å²) in [6, 6.07) is 48.7. The van der Waals surface area contributed by atoms with E-state index in [9.17, 15) is 0 Å². The number of rotatable bonds is 5. The summed E-state index contributed by atoms with van der Waals surface area (Å²) in [5, 5.41) is 8.33. The third-order valence-electron chi connectivity index (χ3n) is 11.5. The van der Waals surface area contributed by atoms with Crippen LogP contribution in [0.1, 0.15) is 18.7 Å². The van der Waals surface area contributed by atoms with Crippen molar-refractivity contribution in [1.82, 2.24) is 34.9 Å². The van der Waals surface area contributed by atoms with Crippen LogP contribution in [0.3, 0.4) is 0 Å². The molecule has 278 valence electrons. The highest BCUT2D eigenvalue weighted by atomic mass is 15.0. The summed E-state index contributed by atoms with van der Waals surface area (Å²) in [4.78, 5) is 34.3. The molecule has 0 fully saturated rings. The summed E-state index contributed by atoms with van der Waals surface area (Å²) in [6.45, 7) is 0. The van der Waals surface area contributed by atoms with Crippen molar-refractivity contribution >= 4 is 70.7 Å². The molecule has 0 saturated carbocycles. The van der Waals surface area contributed by atoms with Crippen LogP contribution in [0, 0.1) is 12.1 Å². The number of hydrogen-bond acceptors (Lipinski definition) is 7. The van der Waals surface area contributed by atoms with E-state index in [2.05, 4.69) is 143 Å². The SMILES string of the molecule is c1c2cccnc2c2ncc(-c3cccc4cc(-c5nc(C6=CC=CCC6)nc(-c6ccc7c(-c8cnc9c(ccc%10cccnc%109)c8)cccc7c6)n5)ccc34)cc2c#1. The average Bonchev–Trinajstić information content (AvgIpc) is 3.33. The fraction of sp³-hybridized carbons (Fsp3) is 0.0377. The van der Waals surface area contributed by atoms with Crippen LogP contribution in [0.2, 0.25) is 0 Å². The average molecular weight is 766 g/mol. The standard InChI is InChI=1S/C53H31N7/c1-2-8-34(9-3-1)51-58-52(39-20-22-45-35(26-39)10-4-14-43(45)41-28-37-18-16-32-12-6-24-54-47(32)49(37)56-30-41)60-53(59-51)40-21-23-46-36(27-40)11-5-15-44(46)42-29-38-19-17-33-13-7-25-55-48(33)50(38)57-31-42/h1-2,4-8,10-16,18,20-31H,3,9H2. The number of pyridine rings is 4. The van der Waals surface area contributed by atoms with E-state index in [-0.39, 0.29) is 0 Å². The molecule has 5 heterocycles. The molecule has 1 aliphatic rings. The van der Waals surface area contributed by atoms with Gasteiger partial charge in [0.25, 0.3) is 0 Å². The first-order valence-corrected chi connectivity index (χ1v) is 20.0. The second-order valence-corrected chi connectivity index (χ2v) is 15.2. The van der Waals surface area contributed by atoms with E-state index in [1.54, 1.807) is 6.20 Å². The molecule has 0 saturated heterocycles. The molecule has 0 atom stereocenters. The lowest BCUT2D eigenvalue weighted by atomic mass is 9.96. The molecule has 0 radical (unpaired) electrons. The molecule has 5 aromatic heterocycles. The minimum atomic E-state index is 0.632. The van der Waals surface area contributed by atoms with E-state index in [1.807, 2.05) is 36.8 Å². The van der Waals surface area contributed by atoms with E-state index in [0.717, 1.165) is 117 Å². The van der Waals surface area contributed by atoms with Crippen LogP contribution in [0.4, 0.5) is 0 Å². The van der Waals surface area contributed by atoms with E-state index >= 15 is 0 Å². The van der Waals surface area contributed by atoms with Crippen LogP contribution in [0.5, 0.6) is 0 Å². The van der Waals surface area contributed by atoms with Gasteiger partial charge in [-0.15, -0.1) is 0 Å². The molecule has 6 aromatic carbocycles. The highest BCUT2D eigenvalue weighted by Gasteiger charge is 2.17. The Bertz CT molecular complexity index is 3410. The Morgan fingerprint density at radius 2 is 1.02 bits per heavy atom. The third kappa shape index (κ3) is 5.73. The van der Waals surface area contributed by atoms with Crippen LogP contribution in [-0.2, 0) is 0 Å². The zero-order valence-corrected chi connectivity index (χ0v) is 32.1. The minimum absolute atomic E-state index is 0.632. The molecule has 0 spiro atoms. The van der Waals surface area contributed by atoms with Gasteiger partial charge in [0.15, 0.2) is 17.5 Å². The lowest BCUT2D eigenvalue weighted by Gasteiger charge is -2.13. The maximum Gasteiger partial charge on any atom is 0.164 e. The highest BCUT2D eigenvalue weighted by molar-refractivity contribution is 6.06. The predicted octanol–water partition coefficient (Wildman–Crippen LogP) is 12.4. The first kappa shape index (κ1) is 33.9. The largest absolute Gasteiger partial charge is 0.254 e. The third-order valence-corrected chi connectivity index (χ3v) is 11.5. The van der Waals surface area contributed by atoms with E-state index in [0.29, 0.717) is 17.5 Å². The lowest BCUT2D eigenvalue weighted by Crippen LogP contribution is -2.04. The smallest absolute Gasteiger partial charge is 0.164 e. The lowest BCUT2D eigenvalue weighted by molar-refractivity contribution is 0.978. The van der Waals surface area contributed by atoms with Gasteiger partial charge in [-0.1, -0.05) is 109 Å². The van der Waals surface area contributed by atoms with Crippen LogP contribution >= 0.6 is 0 Å². The van der Waals surface area contributed by atoms with Gasteiger partial charge in [0, 0.05) is 57.8 Å². The number of hydrogen-bond donors (Lipinski definition) is 0. The molecule has 0 bridgehead atoms. The minimum Gasteiger partial charge on any atom is -0.254 e. The van der Waals surface area contributed by atoms with Gasteiger partial charge in [0.1, 0.15) is 11.0 Å². The first-order chi connectivity index (χ1) is 29.7. The Balaban J connectivity index is 0.939. The molecule has 7 heteroatoms. The summed E-state index contributed by atoms with van der Waals surface area (Å²) in [5.74, 6) is 1.96. The van der Waals surface area contributed by atoms with Crippen molar-refractivity contribution in [3.63, 3.8) is 0 Å². The maximum absolute atomic E-state index is 5.15. The van der Waals surface area contributed by atoms with Crippen LogP contribution in [0.15, 0.2) is 164 Å². The molecule has 12 rings (SSSR count). The van der Waals surface area contributed by atoms with Crippen LogP contribution in [0.25, 0.3) is 116 Å². The normalized spacial score (nSPS) is 12.8. The second kappa shape index (κ2) is 13.7. The monoisotopic (exact) mass is 765 g/mol. The fourth-order valence-corrected chi connectivity index (χ4v) is 8.52. The van der Waals surface area contributed by atoms with Crippen molar-refractivity contribution in [2.45, 2.75) is 12.8 Å². The van der Waals surface area contributed by atoms with Gasteiger partial charge in [-0.25, -0.2) is 15.0 Å². The molecule has 60 heavy (non-hydrogen) atoms. The zero-order valence-electron chi connectivity index (χ0n) is 32.1. The Hall–Kier alpha value is -8.21. The Morgan fingerprint density at radius 3 is 1.75 bits per heavy atom. The van der Waals surface area contributed by atoms with Crippen LogP contribution in [-0.4, -0.2) is 34.9 Å². The van der Waals surface area contributed by atoms with Gasteiger partial charge in [0.2, 0.25) is 0 Å². The van der Waals surface area contributed by atoms with Crippen molar-refractivity contribution in [3.05, 3.63) is 182 Å². The number of fused-ring (bicyclic) bond motifs is 8. The van der Waals surface area contributed by atoms with Gasteiger partial charge >= 0.3 is 0 Å². The summed E-state index contributed by atoms with van der Waals surface area (Å²) in [7, 11) is 0. The summed E-state index contributed by atoms with van der Waals surface area (Å²) in [5.41, 5.74) is 10.7. The number of allylic oxidation sites excluding steroid dienone is 4. The molecule has 11 aromatic rings. The summed E-state index contributed by atoms with van der Waals surface area (Å²) >= 11 is 0. The van der Waals surface area contributed by atoms with Crippen molar-refractivity contribution in [2.24, 2.45) is 0 Å². The van der Waals surface area contributed by atoms with Gasteiger partial charge in [-0.2, -0.15) is 0 Å². The van der Waals surface area contributed by atoms with Crippen molar-refractivity contribution in [3.8, 4) is 45.0 Å². The molecule has 1 aliphatic carbocycles.